The number of hydrogen-bond acceptors (Lipinski definition) is 2. The summed E-state index contributed by atoms with van der Waals surface area (Å²) >= 11 is 12.5. The average Bonchev–Trinajstić information content (AvgIpc) is 2.76. The maximum atomic E-state index is 6.66. The molecule has 0 heterocycles. The van der Waals surface area contributed by atoms with Crippen LogP contribution in [0.1, 0.15) is 61.4 Å². The van der Waals surface area contributed by atoms with E-state index in [0.717, 1.165) is 36.5 Å². The molecule has 0 aromatic heterocycles. The normalized spacial score (nSPS) is 12.0. The van der Waals surface area contributed by atoms with E-state index in [9.17, 15) is 0 Å². The van der Waals surface area contributed by atoms with E-state index in [2.05, 4.69) is 80.5 Å². The third kappa shape index (κ3) is 6.79. The highest BCUT2D eigenvalue weighted by Gasteiger charge is 2.24. The zero-order valence-electron chi connectivity index (χ0n) is 19.5. The Morgan fingerprint density at radius 3 is 2.32 bits per heavy atom. The summed E-state index contributed by atoms with van der Waals surface area (Å²) in [6, 6.07) is 13.4. The summed E-state index contributed by atoms with van der Waals surface area (Å²) in [7, 11) is 1.87. The second kappa shape index (κ2) is 11.6. The molecule has 2 nitrogen and oxygen atoms in total. The summed E-state index contributed by atoms with van der Waals surface area (Å²) in [6.07, 6.45) is 5.89. The minimum absolute atomic E-state index is 0.126. The highest BCUT2D eigenvalue weighted by molar-refractivity contribution is 6.31. The summed E-state index contributed by atoms with van der Waals surface area (Å²) in [5, 5.41) is 7.18. The standard InChI is InChI=1S/C27H36Cl2N2/c1-7-24(31-20(3)30-6)15-12-21-10-13-22(14-11-21)27(4,5)23-17-19(2)25(9-8-16-28)26(29)18-23/h7,10-11,13-14,17-18,30-31H,3,8-9,12,15-16H2,1-2,4-6H3/b24-7-. The average molecular weight is 460 g/mol. The number of benzene rings is 2. The Hall–Kier alpha value is -1.90. The van der Waals surface area contributed by atoms with Crippen LogP contribution in [0.3, 0.4) is 0 Å². The van der Waals surface area contributed by atoms with Crippen molar-refractivity contribution in [2.75, 3.05) is 12.9 Å². The van der Waals surface area contributed by atoms with Gasteiger partial charge in [0.2, 0.25) is 0 Å². The zero-order valence-corrected chi connectivity index (χ0v) is 21.1. The van der Waals surface area contributed by atoms with E-state index in [4.69, 9.17) is 23.2 Å². The molecule has 2 rings (SSSR count). The maximum Gasteiger partial charge on any atom is 0.0951 e. The molecule has 0 aliphatic rings. The number of hydrogen-bond donors (Lipinski definition) is 2. The van der Waals surface area contributed by atoms with Gasteiger partial charge >= 0.3 is 0 Å². The SMILES string of the molecule is C=C(NC)N/C(=C\C)CCc1ccc(C(C)(C)c2cc(C)c(CCCCl)c(Cl)c2)cc1. The number of allylic oxidation sites excluding steroid dienone is 2. The quantitative estimate of drug-likeness (QED) is 0.346. The fourth-order valence-electron chi connectivity index (χ4n) is 3.76. The minimum atomic E-state index is -0.126. The Morgan fingerprint density at radius 2 is 1.77 bits per heavy atom. The predicted octanol–water partition coefficient (Wildman–Crippen LogP) is 7.26. The summed E-state index contributed by atoms with van der Waals surface area (Å²) in [4.78, 5) is 0. The van der Waals surface area contributed by atoms with Gasteiger partial charge < -0.3 is 10.6 Å². The van der Waals surface area contributed by atoms with Crippen molar-refractivity contribution in [1.29, 1.82) is 0 Å². The van der Waals surface area contributed by atoms with Crippen molar-refractivity contribution in [2.24, 2.45) is 0 Å². The summed E-state index contributed by atoms with van der Waals surface area (Å²) < 4.78 is 0. The van der Waals surface area contributed by atoms with Gasteiger partial charge in [-0.3, -0.25) is 0 Å². The molecule has 0 atom stereocenters. The molecule has 0 amide bonds. The molecular formula is C27H36Cl2N2. The molecule has 4 heteroatoms. The van der Waals surface area contributed by atoms with Gasteiger partial charge in [-0.05, 0) is 73.4 Å². The molecule has 0 bridgehead atoms. The van der Waals surface area contributed by atoms with Gasteiger partial charge in [0.05, 0.1) is 5.82 Å². The van der Waals surface area contributed by atoms with Crippen molar-refractivity contribution < 1.29 is 0 Å². The fourth-order valence-corrected chi connectivity index (χ4v) is 4.26. The Labute approximate surface area is 198 Å². The van der Waals surface area contributed by atoms with Gasteiger partial charge in [0, 0.05) is 29.1 Å². The molecule has 0 saturated carbocycles. The third-order valence-corrected chi connectivity index (χ3v) is 6.63. The van der Waals surface area contributed by atoms with Crippen LogP contribution in [0.2, 0.25) is 5.02 Å². The Morgan fingerprint density at radius 1 is 1.10 bits per heavy atom. The Balaban J connectivity index is 2.15. The van der Waals surface area contributed by atoms with Crippen LogP contribution in [0.25, 0.3) is 0 Å². The smallest absolute Gasteiger partial charge is 0.0951 e. The predicted molar refractivity (Wildman–Crippen MR) is 137 cm³/mol. The van der Waals surface area contributed by atoms with Gasteiger partial charge in [-0.1, -0.05) is 68.4 Å². The van der Waals surface area contributed by atoms with Gasteiger partial charge in [-0.25, -0.2) is 0 Å². The molecule has 0 unspecified atom stereocenters. The molecule has 0 spiro atoms. The molecule has 0 fully saturated rings. The van der Waals surface area contributed by atoms with Crippen molar-refractivity contribution in [3.63, 3.8) is 0 Å². The van der Waals surface area contributed by atoms with Crippen LogP contribution < -0.4 is 10.6 Å². The van der Waals surface area contributed by atoms with E-state index in [1.807, 2.05) is 14.0 Å². The summed E-state index contributed by atoms with van der Waals surface area (Å²) in [5.41, 5.74) is 7.35. The van der Waals surface area contributed by atoms with Crippen LogP contribution in [0.4, 0.5) is 0 Å². The molecule has 0 aliphatic heterocycles. The van der Waals surface area contributed by atoms with Gasteiger partial charge in [0.25, 0.3) is 0 Å². The molecule has 2 N–H and O–H groups in total. The number of rotatable bonds is 11. The molecule has 2 aromatic carbocycles. The lowest BCUT2D eigenvalue weighted by atomic mass is 9.77. The van der Waals surface area contributed by atoms with E-state index in [-0.39, 0.29) is 5.41 Å². The van der Waals surface area contributed by atoms with Crippen LogP contribution in [0, 0.1) is 6.92 Å². The monoisotopic (exact) mass is 458 g/mol. The topological polar surface area (TPSA) is 24.1 Å². The van der Waals surface area contributed by atoms with E-state index in [1.54, 1.807) is 0 Å². The lowest BCUT2D eigenvalue weighted by molar-refractivity contribution is 0.639. The van der Waals surface area contributed by atoms with Crippen LogP contribution in [0.5, 0.6) is 0 Å². The molecular weight excluding hydrogens is 423 g/mol. The summed E-state index contributed by atoms with van der Waals surface area (Å²) in [5.74, 6) is 1.47. The third-order valence-electron chi connectivity index (χ3n) is 6.02. The first kappa shape index (κ1) is 25.4. The van der Waals surface area contributed by atoms with Gasteiger partial charge in [-0.2, -0.15) is 0 Å². The second-order valence-corrected chi connectivity index (χ2v) is 9.32. The lowest BCUT2D eigenvalue weighted by Crippen LogP contribution is -2.22. The molecule has 31 heavy (non-hydrogen) atoms. The first-order chi connectivity index (χ1) is 14.7. The molecule has 0 saturated heterocycles. The second-order valence-electron chi connectivity index (χ2n) is 8.54. The number of aryl methyl sites for hydroxylation is 2. The van der Waals surface area contributed by atoms with Gasteiger partial charge in [0.15, 0.2) is 0 Å². The van der Waals surface area contributed by atoms with Crippen molar-refractivity contribution in [1.82, 2.24) is 10.6 Å². The zero-order chi connectivity index (χ0) is 23.0. The van der Waals surface area contributed by atoms with Crippen LogP contribution >= 0.6 is 23.2 Å². The fraction of sp³-hybridized carbons (Fsp3) is 0.407. The molecule has 168 valence electrons. The molecule has 2 aromatic rings. The van der Waals surface area contributed by atoms with E-state index < -0.39 is 0 Å². The highest BCUT2D eigenvalue weighted by atomic mass is 35.5. The first-order valence-corrected chi connectivity index (χ1v) is 11.9. The summed E-state index contributed by atoms with van der Waals surface area (Å²) in [6.45, 7) is 12.7. The van der Waals surface area contributed by atoms with E-state index in [1.165, 1.54) is 33.5 Å². The van der Waals surface area contributed by atoms with Crippen LogP contribution in [0.15, 0.2) is 60.6 Å². The largest absolute Gasteiger partial charge is 0.375 e. The van der Waals surface area contributed by atoms with Crippen LogP contribution in [-0.4, -0.2) is 12.9 Å². The van der Waals surface area contributed by atoms with Crippen LogP contribution in [-0.2, 0) is 18.3 Å². The van der Waals surface area contributed by atoms with Crippen molar-refractivity contribution in [3.05, 3.63) is 93.4 Å². The Kier molecular flexibility index (Phi) is 9.53. The molecule has 0 radical (unpaired) electrons. The van der Waals surface area contributed by atoms with Crippen molar-refractivity contribution in [3.8, 4) is 0 Å². The Bertz CT molecular complexity index is 888. The lowest BCUT2D eigenvalue weighted by Gasteiger charge is -2.28. The highest BCUT2D eigenvalue weighted by Crippen LogP contribution is 2.35. The first-order valence-electron chi connectivity index (χ1n) is 11.0. The van der Waals surface area contributed by atoms with E-state index in [0.29, 0.717) is 5.88 Å². The molecule has 0 aliphatic carbocycles. The number of halogens is 2. The van der Waals surface area contributed by atoms with E-state index >= 15 is 0 Å². The van der Waals surface area contributed by atoms with Crippen molar-refractivity contribution >= 4 is 23.2 Å². The maximum absolute atomic E-state index is 6.66. The minimum Gasteiger partial charge on any atom is -0.375 e. The van der Waals surface area contributed by atoms with Gasteiger partial charge in [-0.15, -0.1) is 11.6 Å². The number of alkyl halides is 1. The van der Waals surface area contributed by atoms with Crippen molar-refractivity contribution in [2.45, 2.75) is 58.8 Å². The van der Waals surface area contributed by atoms with Gasteiger partial charge in [0.1, 0.15) is 0 Å². The number of nitrogens with one attached hydrogen (secondary N) is 2.